The fourth-order valence-electron chi connectivity index (χ4n) is 4.84. The number of halogens is 2. The van der Waals surface area contributed by atoms with Crippen molar-refractivity contribution in [2.45, 2.75) is 76.2 Å². The molecule has 0 saturated heterocycles. The second kappa shape index (κ2) is 13.4. The van der Waals surface area contributed by atoms with Crippen molar-refractivity contribution in [1.29, 1.82) is 0 Å². The molecule has 45 heavy (non-hydrogen) atoms. The number of benzene rings is 4. The van der Waals surface area contributed by atoms with Crippen molar-refractivity contribution in [3.8, 4) is 27.4 Å². The van der Waals surface area contributed by atoms with Crippen LogP contribution in [-0.2, 0) is 6.42 Å². The Bertz CT molecular complexity index is 1790. The van der Waals surface area contributed by atoms with Gasteiger partial charge in [-0.15, -0.1) is 23.1 Å². The van der Waals surface area contributed by atoms with E-state index in [9.17, 15) is 4.39 Å². The third kappa shape index (κ3) is 7.91. The van der Waals surface area contributed by atoms with Gasteiger partial charge in [-0.2, -0.15) is 0 Å². The Morgan fingerprint density at radius 2 is 1.51 bits per heavy atom. The number of nitrogens with zero attached hydrogens (tertiary/aromatic N) is 1. The summed E-state index contributed by atoms with van der Waals surface area (Å²) in [5.74, 6) is 0.575. The fraction of sp³-hybridized carbons (Fsp3) is 0.289. The van der Waals surface area contributed by atoms with Crippen molar-refractivity contribution >= 4 is 43.0 Å². The van der Waals surface area contributed by atoms with Gasteiger partial charge in [0.05, 0.1) is 10.7 Å². The van der Waals surface area contributed by atoms with Crippen LogP contribution < -0.4 is 4.43 Å². The Kier molecular flexibility index (Phi) is 10.00. The van der Waals surface area contributed by atoms with Crippen LogP contribution in [-0.4, -0.2) is 13.3 Å². The molecule has 0 aliphatic rings. The first kappa shape index (κ1) is 33.5. The molecule has 1 atom stereocenters. The average molecular weight is 674 g/mol. The summed E-state index contributed by atoms with van der Waals surface area (Å²) in [6, 6.07) is 28.6. The second-order valence-corrected chi connectivity index (χ2v) is 20.7. The maximum absolute atomic E-state index is 13.7. The first-order valence-electron chi connectivity index (χ1n) is 15.3. The molecule has 0 radical (unpaired) electrons. The van der Waals surface area contributed by atoms with Crippen LogP contribution in [0.1, 0.15) is 53.3 Å². The van der Waals surface area contributed by atoms with E-state index in [0.29, 0.717) is 0 Å². The Morgan fingerprint density at radius 1 is 0.867 bits per heavy atom. The highest BCUT2D eigenvalue weighted by atomic mass is 35.5. The first-order chi connectivity index (χ1) is 21.2. The van der Waals surface area contributed by atoms with Crippen molar-refractivity contribution in [1.82, 2.24) is 4.98 Å². The second-order valence-electron chi connectivity index (χ2n) is 13.3. The van der Waals surface area contributed by atoms with Crippen molar-refractivity contribution < 1.29 is 8.82 Å². The highest BCUT2D eigenvalue weighted by molar-refractivity contribution is 7.99. The quantitative estimate of drug-likeness (QED) is 0.115. The van der Waals surface area contributed by atoms with Gasteiger partial charge in [0, 0.05) is 20.6 Å². The van der Waals surface area contributed by atoms with Crippen LogP contribution in [0.2, 0.25) is 23.2 Å². The fourth-order valence-corrected chi connectivity index (χ4v) is 8.72. The molecule has 234 valence electrons. The summed E-state index contributed by atoms with van der Waals surface area (Å²) in [5, 5.41) is 1.48. The van der Waals surface area contributed by atoms with E-state index in [1.165, 1.54) is 27.0 Å². The molecule has 7 heteroatoms. The molecule has 5 rings (SSSR count). The van der Waals surface area contributed by atoms with E-state index in [0.717, 1.165) is 45.1 Å². The van der Waals surface area contributed by atoms with Crippen molar-refractivity contribution in [2.24, 2.45) is 0 Å². The zero-order valence-corrected chi connectivity index (χ0v) is 30.7. The average Bonchev–Trinajstić information content (AvgIpc) is 3.37. The van der Waals surface area contributed by atoms with E-state index in [-0.39, 0.29) is 15.3 Å². The molecule has 1 aromatic heterocycles. The van der Waals surface area contributed by atoms with E-state index in [4.69, 9.17) is 21.0 Å². The van der Waals surface area contributed by atoms with Crippen LogP contribution in [0.15, 0.2) is 89.8 Å². The summed E-state index contributed by atoms with van der Waals surface area (Å²) in [6.07, 6.45) is 0.840. The predicted molar refractivity (Wildman–Crippen MR) is 195 cm³/mol. The van der Waals surface area contributed by atoms with Gasteiger partial charge >= 0.3 is 0 Å². The lowest BCUT2D eigenvalue weighted by Gasteiger charge is -2.37. The molecule has 0 N–H and O–H groups in total. The summed E-state index contributed by atoms with van der Waals surface area (Å²) < 4.78 is 20.4. The molecule has 5 aromatic rings. The third-order valence-electron chi connectivity index (χ3n) is 8.65. The Hall–Kier alpha value is -2.90. The topological polar surface area (TPSA) is 22.1 Å². The van der Waals surface area contributed by atoms with Gasteiger partial charge in [0.15, 0.2) is 0 Å². The van der Waals surface area contributed by atoms with Gasteiger partial charge in [-0.05, 0) is 97.9 Å². The molecule has 2 nitrogen and oxygen atoms in total. The highest BCUT2D eigenvalue weighted by Crippen LogP contribution is 2.45. The molecular formula is C38H41ClFNOS2Si. The number of thioether (sulfide) groups is 1. The largest absolute Gasteiger partial charge is 0.543 e. The van der Waals surface area contributed by atoms with Gasteiger partial charge in [-0.25, -0.2) is 9.37 Å². The van der Waals surface area contributed by atoms with Crippen LogP contribution in [0.4, 0.5) is 4.39 Å². The van der Waals surface area contributed by atoms with E-state index >= 15 is 0 Å². The molecule has 1 heterocycles. The Balaban J connectivity index is 1.45. The molecular weight excluding hydrogens is 633 g/mol. The summed E-state index contributed by atoms with van der Waals surface area (Å²) in [4.78, 5) is 7.52. The molecule has 0 spiro atoms. The first-order valence-corrected chi connectivity index (χ1v) is 20.2. The molecule has 0 bridgehead atoms. The lowest BCUT2D eigenvalue weighted by atomic mass is 10.0. The molecule has 0 amide bonds. The number of aromatic nitrogens is 1. The molecule has 1 unspecified atom stereocenters. The minimum atomic E-state index is -1.95. The van der Waals surface area contributed by atoms with Gasteiger partial charge in [-0.3, -0.25) is 0 Å². The van der Waals surface area contributed by atoms with Crippen LogP contribution in [0.3, 0.4) is 0 Å². The number of aryl methyl sites for hydroxylation is 3. The predicted octanol–water partition coefficient (Wildman–Crippen LogP) is 12.7. The number of hydrogen-bond donors (Lipinski definition) is 0. The van der Waals surface area contributed by atoms with Crippen LogP contribution >= 0.6 is 34.7 Å². The minimum Gasteiger partial charge on any atom is -0.543 e. The minimum absolute atomic E-state index is 0.133. The summed E-state index contributed by atoms with van der Waals surface area (Å²) in [5.41, 5.74) is 7.75. The van der Waals surface area contributed by atoms with Crippen molar-refractivity contribution in [2.75, 3.05) is 0 Å². The monoisotopic (exact) mass is 673 g/mol. The maximum Gasteiger partial charge on any atom is 0.250 e. The lowest BCUT2D eigenvalue weighted by Crippen LogP contribution is -2.44. The standard InChI is InChI=1S/C38H41ClFNOS2Si/c1-24-9-13-29(14-10-24)37-41-26(3)36(44-37)35(22-27-11-15-28(16-12-27)30-17-19-33(40)32(39)23-30)43-31-18-20-34(25(2)21-31)42-45(7,8)38(4,5)6/h9-21,23,35H,22H2,1-8H3. The molecule has 0 aliphatic carbocycles. The van der Waals surface area contributed by atoms with E-state index in [1.807, 2.05) is 11.8 Å². The van der Waals surface area contributed by atoms with Crippen LogP contribution in [0, 0.1) is 26.6 Å². The van der Waals surface area contributed by atoms with Gasteiger partial charge in [0.2, 0.25) is 8.32 Å². The number of rotatable bonds is 9. The number of hydrogen-bond acceptors (Lipinski definition) is 4. The van der Waals surface area contributed by atoms with Gasteiger partial charge < -0.3 is 4.43 Å². The Labute approximate surface area is 282 Å². The number of thiazole rings is 1. The third-order valence-corrected chi connectivity index (χ3v) is 16.0. The summed E-state index contributed by atoms with van der Waals surface area (Å²) >= 11 is 9.73. The normalized spacial score (nSPS) is 12.8. The van der Waals surface area contributed by atoms with Crippen molar-refractivity contribution in [3.63, 3.8) is 0 Å². The zero-order valence-electron chi connectivity index (χ0n) is 27.3. The lowest BCUT2D eigenvalue weighted by molar-refractivity contribution is 0.489. The maximum atomic E-state index is 13.7. The SMILES string of the molecule is Cc1ccc(-c2nc(C)c(C(Cc3ccc(-c4ccc(F)c(Cl)c4)cc3)Sc3ccc(O[Si](C)(C)C(C)(C)C)c(C)c3)s2)cc1. The molecule has 4 aromatic carbocycles. The molecule has 0 saturated carbocycles. The van der Waals surface area contributed by atoms with Crippen LogP contribution in [0.5, 0.6) is 5.75 Å². The summed E-state index contributed by atoms with van der Waals surface area (Å²) in [6.45, 7) is 17.8. The summed E-state index contributed by atoms with van der Waals surface area (Å²) in [7, 11) is -1.95. The van der Waals surface area contributed by atoms with E-state index in [2.05, 4.69) is 121 Å². The molecule has 0 fully saturated rings. The highest BCUT2D eigenvalue weighted by Gasteiger charge is 2.39. The van der Waals surface area contributed by atoms with Crippen molar-refractivity contribution in [3.05, 3.63) is 123 Å². The van der Waals surface area contributed by atoms with Gasteiger partial charge in [0.25, 0.3) is 0 Å². The smallest absolute Gasteiger partial charge is 0.250 e. The van der Waals surface area contributed by atoms with Gasteiger partial charge in [0.1, 0.15) is 16.6 Å². The van der Waals surface area contributed by atoms with Crippen LogP contribution in [0.25, 0.3) is 21.7 Å². The molecule has 0 aliphatic heterocycles. The zero-order chi connectivity index (χ0) is 32.5. The van der Waals surface area contributed by atoms with E-state index < -0.39 is 14.1 Å². The van der Waals surface area contributed by atoms with E-state index in [1.54, 1.807) is 23.5 Å². The van der Waals surface area contributed by atoms with Gasteiger partial charge in [-0.1, -0.05) is 92.5 Å². The Morgan fingerprint density at radius 3 is 2.13 bits per heavy atom.